The maximum atomic E-state index is 13.0. The molecule has 0 bridgehead atoms. The zero-order valence-corrected chi connectivity index (χ0v) is 20.1. The first-order valence-electron chi connectivity index (χ1n) is 10.4. The van der Waals surface area contributed by atoms with E-state index in [0.29, 0.717) is 27.7 Å². The smallest absolute Gasteiger partial charge is 0.261 e. The number of hydrogen-bond acceptors (Lipinski definition) is 5. The van der Waals surface area contributed by atoms with Crippen LogP contribution in [-0.2, 0) is 16.6 Å². The molecule has 4 rings (SSSR count). The van der Waals surface area contributed by atoms with Crippen LogP contribution >= 0.6 is 11.6 Å². The van der Waals surface area contributed by atoms with Crippen molar-refractivity contribution in [1.82, 2.24) is 9.46 Å². The second kappa shape index (κ2) is 9.80. The summed E-state index contributed by atoms with van der Waals surface area (Å²) in [7, 11) is -2.17. The van der Waals surface area contributed by atoms with E-state index >= 15 is 0 Å². The van der Waals surface area contributed by atoms with Crippen molar-refractivity contribution in [2.24, 2.45) is 0 Å². The van der Waals surface area contributed by atoms with Crippen LogP contribution in [-0.4, -0.2) is 30.8 Å². The fourth-order valence-corrected chi connectivity index (χ4v) is 4.87. The Morgan fingerprint density at radius 2 is 1.65 bits per heavy atom. The summed E-state index contributed by atoms with van der Waals surface area (Å²) in [6.45, 7) is 1.89. The van der Waals surface area contributed by atoms with Gasteiger partial charge in [0.15, 0.2) is 0 Å². The van der Waals surface area contributed by atoms with Crippen LogP contribution in [0.3, 0.4) is 0 Å². The van der Waals surface area contributed by atoms with Gasteiger partial charge >= 0.3 is 0 Å². The fourth-order valence-electron chi connectivity index (χ4n) is 3.49. The second-order valence-corrected chi connectivity index (χ2v) is 10.1. The highest BCUT2D eigenvalue weighted by molar-refractivity contribution is 7.89. The molecule has 4 aromatic rings. The maximum Gasteiger partial charge on any atom is 0.261 e. The van der Waals surface area contributed by atoms with Gasteiger partial charge in [0.1, 0.15) is 17.0 Å². The maximum absolute atomic E-state index is 13.0. The lowest BCUT2D eigenvalue weighted by Gasteiger charge is -2.17. The second-order valence-electron chi connectivity index (χ2n) is 7.67. The van der Waals surface area contributed by atoms with E-state index in [1.165, 1.54) is 23.5 Å². The minimum atomic E-state index is -3.70. The number of hydrogen-bond donors (Lipinski definition) is 1. The monoisotopic (exact) mass is 495 g/mol. The molecule has 1 aromatic heterocycles. The van der Waals surface area contributed by atoms with Gasteiger partial charge in [-0.15, -0.1) is 0 Å². The molecule has 9 heteroatoms. The topological polar surface area (TPSA) is 92.5 Å². The van der Waals surface area contributed by atoms with Gasteiger partial charge in [-0.3, -0.25) is 4.79 Å². The summed E-state index contributed by atoms with van der Waals surface area (Å²) < 4.78 is 32.4. The van der Waals surface area contributed by atoms with Crippen molar-refractivity contribution in [2.75, 3.05) is 12.4 Å². The van der Waals surface area contributed by atoms with E-state index in [1.807, 2.05) is 30.3 Å². The van der Waals surface area contributed by atoms with Gasteiger partial charge in [-0.25, -0.2) is 8.42 Å². The summed E-state index contributed by atoms with van der Waals surface area (Å²) >= 11 is 6.27. The van der Waals surface area contributed by atoms with Gasteiger partial charge in [0.2, 0.25) is 10.0 Å². The van der Waals surface area contributed by atoms with Crippen LogP contribution in [0, 0.1) is 6.92 Å². The van der Waals surface area contributed by atoms with E-state index in [-0.39, 0.29) is 17.0 Å². The van der Waals surface area contributed by atoms with Gasteiger partial charge in [0.05, 0.1) is 9.92 Å². The van der Waals surface area contributed by atoms with E-state index in [1.54, 1.807) is 43.3 Å². The number of aryl methyl sites for hydroxylation is 1. The molecule has 0 saturated carbocycles. The predicted molar refractivity (Wildman–Crippen MR) is 131 cm³/mol. The van der Waals surface area contributed by atoms with E-state index in [2.05, 4.69) is 10.5 Å². The van der Waals surface area contributed by atoms with Crippen molar-refractivity contribution in [2.45, 2.75) is 18.4 Å². The number of aromatic nitrogens is 1. The van der Waals surface area contributed by atoms with E-state index < -0.39 is 15.9 Å². The Hall–Kier alpha value is -3.46. The quantitative estimate of drug-likeness (QED) is 0.371. The largest absolute Gasteiger partial charge is 0.360 e. The summed E-state index contributed by atoms with van der Waals surface area (Å²) in [5.74, 6) is -0.0976. The van der Waals surface area contributed by atoms with Crippen LogP contribution in [0.25, 0.3) is 11.3 Å². The molecule has 7 nitrogen and oxygen atoms in total. The Morgan fingerprint density at radius 3 is 2.32 bits per heavy atom. The van der Waals surface area contributed by atoms with Crippen molar-refractivity contribution in [1.29, 1.82) is 0 Å². The minimum Gasteiger partial charge on any atom is -0.360 e. The number of anilines is 1. The van der Waals surface area contributed by atoms with Crippen LogP contribution in [0.15, 0.2) is 88.3 Å². The number of benzene rings is 3. The molecule has 1 N–H and O–H groups in total. The molecule has 0 saturated heterocycles. The summed E-state index contributed by atoms with van der Waals surface area (Å²) in [6, 6.07) is 22.4. The predicted octanol–water partition coefficient (Wildman–Crippen LogP) is 5.38. The SMILES string of the molecule is Cc1onc(-c2ccccc2Cl)c1C(=O)Nc1ccc(S(=O)(=O)N(C)Cc2ccccc2)cc1. The Labute approximate surface area is 203 Å². The first kappa shape index (κ1) is 23.7. The van der Waals surface area contributed by atoms with Gasteiger partial charge in [-0.2, -0.15) is 4.31 Å². The number of sulfonamides is 1. The molecular formula is C25H22ClN3O4S. The number of nitrogens with one attached hydrogen (secondary N) is 1. The zero-order valence-electron chi connectivity index (χ0n) is 18.5. The van der Waals surface area contributed by atoms with Gasteiger partial charge < -0.3 is 9.84 Å². The molecule has 0 aliphatic heterocycles. The number of rotatable bonds is 7. The Bertz CT molecular complexity index is 1420. The Kier molecular flexibility index (Phi) is 6.83. The highest BCUT2D eigenvalue weighted by Gasteiger charge is 2.24. The number of halogens is 1. The van der Waals surface area contributed by atoms with Crippen molar-refractivity contribution in [3.05, 3.63) is 101 Å². The standard InChI is InChI=1S/C25H22ClN3O4S/c1-17-23(24(28-33-17)21-10-6-7-11-22(21)26)25(30)27-19-12-14-20(15-13-19)34(31,32)29(2)16-18-8-4-3-5-9-18/h3-15H,16H2,1-2H3,(H,27,30). The highest BCUT2D eigenvalue weighted by Crippen LogP contribution is 2.31. The summed E-state index contributed by atoms with van der Waals surface area (Å²) in [5, 5.41) is 7.22. The lowest BCUT2D eigenvalue weighted by atomic mass is 10.1. The highest BCUT2D eigenvalue weighted by atomic mass is 35.5. The van der Waals surface area contributed by atoms with Gasteiger partial charge in [-0.1, -0.05) is 65.3 Å². The molecule has 0 spiro atoms. The number of carbonyl (C=O) groups excluding carboxylic acids is 1. The summed E-state index contributed by atoms with van der Waals surface area (Å²) in [6.07, 6.45) is 0. The van der Waals surface area contributed by atoms with Crippen LogP contribution in [0.4, 0.5) is 5.69 Å². The molecule has 1 heterocycles. The molecule has 0 aliphatic rings. The molecule has 1 amide bonds. The van der Waals surface area contributed by atoms with Crippen molar-refractivity contribution >= 4 is 33.2 Å². The molecule has 34 heavy (non-hydrogen) atoms. The number of amides is 1. The first-order valence-corrected chi connectivity index (χ1v) is 12.2. The Morgan fingerprint density at radius 1 is 1.00 bits per heavy atom. The molecule has 0 radical (unpaired) electrons. The van der Waals surface area contributed by atoms with Crippen molar-refractivity contribution in [3.8, 4) is 11.3 Å². The molecule has 0 aliphatic carbocycles. The van der Waals surface area contributed by atoms with Gasteiger partial charge in [-0.05, 0) is 42.8 Å². The van der Waals surface area contributed by atoms with Gasteiger partial charge in [0, 0.05) is 24.8 Å². The van der Waals surface area contributed by atoms with Crippen molar-refractivity contribution in [3.63, 3.8) is 0 Å². The van der Waals surface area contributed by atoms with E-state index in [9.17, 15) is 13.2 Å². The molecule has 0 unspecified atom stereocenters. The van der Waals surface area contributed by atoms with Gasteiger partial charge in [0.25, 0.3) is 5.91 Å². The third-order valence-electron chi connectivity index (χ3n) is 5.29. The Balaban J connectivity index is 1.52. The molecule has 3 aromatic carbocycles. The van der Waals surface area contributed by atoms with Crippen molar-refractivity contribution < 1.29 is 17.7 Å². The summed E-state index contributed by atoms with van der Waals surface area (Å²) in [4.78, 5) is 13.1. The average Bonchev–Trinajstić information content (AvgIpc) is 3.21. The van der Waals surface area contributed by atoms with Crippen LogP contribution in [0.1, 0.15) is 21.7 Å². The molecular weight excluding hydrogens is 474 g/mol. The normalized spacial score (nSPS) is 11.5. The average molecular weight is 496 g/mol. The third-order valence-corrected chi connectivity index (χ3v) is 7.43. The molecule has 174 valence electrons. The first-order chi connectivity index (χ1) is 16.3. The zero-order chi connectivity index (χ0) is 24.3. The third kappa shape index (κ3) is 4.89. The van der Waals surface area contributed by atoms with E-state index in [4.69, 9.17) is 16.1 Å². The molecule has 0 fully saturated rings. The van der Waals surface area contributed by atoms with Crippen LogP contribution in [0.5, 0.6) is 0 Å². The van der Waals surface area contributed by atoms with Crippen LogP contribution in [0.2, 0.25) is 5.02 Å². The number of nitrogens with zero attached hydrogens (tertiary/aromatic N) is 2. The molecule has 0 atom stereocenters. The fraction of sp³-hybridized carbons (Fsp3) is 0.120. The van der Waals surface area contributed by atoms with Crippen LogP contribution < -0.4 is 5.32 Å². The minimum absolute atomic E-state index is 0.127. The summed E-state index contributed by atoms with van der Waals surface area (Å²) in [5.41, 5.74) is 2.49. The van der Waals surface area contributed by atoms with E-state index in [0.717, 1.165) is 5.56 Å². The number of carbonyl (C=O) groups is 1. The lowest BCUT2D eigenvalue weighted by molar-refractivity contribution is 0.102. The lowest BCUT2D eigenvalue weighted by Crippen LogP contribution is -2.26.